The number of hydrogen-bond donors (Lipinski definition) is 1. The molecule has 0 aliphatic rings. The predicted molar refractivity (Wildman–Crippen MR) is 57.0 cm³/mol. The molecule has 78 valence electrons. The van der Waals surface area contributed by atoms with Crippen LogP contribution in [0.3, 0.4) is 0 Å². The van der Waals surface area contributed by atoms with Crippen LogP contribution in [0.5, 0.6) is 11.5 Å². The van der Waals surface area contributed by atoms with E-state index in [1.54, 1.807) is 14.2 Å². The Balaban J connectivity index is 3.04. The molecule has 0 saturated carbocycles. The summed E-state index contributed by atoms with van der Waals surface area (Å²) in [5, 5.41) is 0. The highest BCUT2D eigenvalue weighted by Gasteiger charge is 2.07. The number of nitrogens with two attached hydrogens (primary N) is 1. The van der Waals surface area contributed by atoms with Gasteiger partial charge >= 0.3 is 0 Å². The van der Waals surface area contributed by atoms with Crippen molar-refractivity contribution < 1.29 is 9.47 Å². The van der Waals surface area contributed by atoms with Gasteiger partial charge in [0, 0.05) is 6.07 Å². The van der Waals surface area contributed by atoms with Gasteiger partial charge in [-0.3, -0.25) is 0 Å². The summed E-state index contributed by atoms with van der Waals surface area (Å²) in [5.41, 5.74) is 6.75. The van der Waals surface area contributed by atoms with Gasteiger partial charge in [0.15, 0.2) is 0 Å². The fourth-order valence-corrected chi connectivity index (χ4v) is 1.25. The Morgan fingerprint density at radius 1 is 1.14 bits per heavy atom. The van der Waals surface area contributed by atoms with E-state index in [9.17, 15) is 0 Å². The van der Waals surface area contributed by atoms with Crippen LogP contribution in [0.15, 0.2) is 18.2 Å². The Morgan fingerprint density at radius 2 is 1.64 bits per heavy atom. The van der Waals surface area contributed by atoms with E-state index >= 15 is 0 Å². The van der Waals surface area contributed by atoms with Gasteiger partial charge < -0.3 is 15.2 Å². The Labute approximate surface area is 84.8 Å². The van der Waals surface area contributed by atoms with Crippen LogP contribution in [-0.4, -0.2) is 20.8 Å². The smallest absolute Gasteiger partial charge is 0.122 e. The molecular formula is C11H17NO2. The van der Waals surface area contributed by atoms with Gasteiger partial charge in [0.2, 0.25) is 0 Å². The van der Waals surface area contributed by atoms with E-state index in [2.05, 4.69) is 6.92 Å². The predicted octanol–water partition coefficient (Wildman–Crippen LogP) is 1.77. The van der Waals surface area contributed by atoms with E-state index in [0.29, 0.717) is 12.5 Å². The van der Waals surface area contributed by atoms with Crippen molar-refractivity contribution in [1.82, 2.24) is 0 Å². The molecule has 2 N–H and O–H groups in total. The molecule has 1 aromatic carbocycles. The van der Waals surface area contributed by atoms with Crippen LogP contribution >= 0.6 is 0 Å². The van der Waals surface area contributed by atoms with Crippen LogP contribution in [0.2, 0.25) is 0 Å². The molecule has 0 saturated heterocycles. The van der Waals surface area contributed by atoms with Gasteiger partial charge in [0.25, 0.3) is 0 Å². The van der Waals surface area contributed by atoms with Crippen LogP contribution in [0.4, 0.5) is 0 Å². The minimum atomic E-state index is 0.319. The first-order chi connectivity index (χ1) is 6.71. The van der Waals surface area contributed by atoms with E-state index in [1.165, 1.54) is 0 Å². The molecule has 0 radical (unpaired) electrons. The molecule has 0 amide bonds. The lowest BCUT2D eigenvalue weighted by Gasteiger charge is -2.12. The molecule has 0 spiro atoms. The second-order valence-electron chi connectivity index (χ2n) is 3.28. The Bertz CT molecular complexity index is 277. The number of methoxy groups -OCH3 is 2. The summed E-state index contributed by atoms with van der Waals surface area (Å²) in [6, 6.07) is 5.83. The molecule has 0 aliphatic carbocycles. The molecular weight excluding hydrogens is 178 g/mol. The normalized spacial score (nSPS) is 12.3. The van der Waals surface area contributed by atoms with Crippen LogP contribution in [0.25, 0.3) is 0 Å². The number of ether oxygens (including phenoxy) is 2. The van der Waals surface area contributed by atoms with Crippen LogP contribution in [0.1, 0.15) is 18.4 Å². The van der Waals surface area contributed by atoms with Crippen molar-refractivity contribution in [3.63, 3.8) is 0 Å². The molecule has 0 fully saturated rings. The van der Waals surface area contributed by atoms with Gasteiger partial charge in [0.05, 0.1) is 14.2 Å². The van der Waals surface area contributed by atoms with Gasteiger partial charge in [0.1, 0.15) is 11.5 Å². The van der Waals surface area contributed by atoms with Crippen molar-refractivity contribution in [2.75, 3.05) is 20.8 Å². The summed E-state index contributed by atoms with van der Waals surface area (Å²) in [5.74, 6) is 1.93. The molecule has 0 unspecified atom stereocenters. The fourth-order valence-electron chi connectivity index (χ4n) is 1.25. The Morgan fingerprint density at radius 3 is 2.00 bits per heavy atom. The molecule has 3 heteroatoms. The Kier molecular flexibility index (Phi) is 3.77. The third-order valence-corrected chi connectivity index (χ3v) is 2.30. The quantitative estimate of drug-likeness (QED) is 0.796. The summed E-state index contributed by atoms with van der Waals surface area (Å²) in [6.07, 6.45) is 0. The minimum absolute atomic E-state index is 0.319. The van der Waals surface area contributed by atoms with Crippen LogP contribution in [0, 0.1) is 0 Å². The molecule has 0 heterocycles. The zero-order valence-corrected chi connectivity index (χ0v) is 8.91. The molecule has 1 aromatic rings. The van der Waals surface area contributed by atoms with Crippen molar-refractivity contribution in [3.8, 4) is 11.5 Å². The zero-order valence-electron chi connectivity index (χ0n) is 8.91. The van der Waals surface area contributed by atoms with Crippen molar-refractivity contribution in [1.29, 1.82) is 0 Å². The third kappa shape index (κ3) is 2.39. The van der Waals surface area contributed by atoms with Crippen LogP contribution < -0.4 is 15.2 Å². The highest BCUT2D eigenvalue weighted by atomic mass is 16.5. The number of hydrogen-bond acceptors (Lipinski definition) is 3. The maximum Gasteiger partial charge on any atom is 0.122 e. The zero-order chi connectivity index (χ0) is 10.6. The molecule has 0 aromatic heterocycles. The van der Waals surface area contributed by atoms with E-state index in [1.807, 2.05) is 18.2 Å². The van der Waals surface area contributed by atoms with Gasteiger partial charge in [-0.2, -0.15) is 0 Å². The summed E-state index contributed by atoms with van der Waals surface area (Å²) < 4.78 is 10.3. The fraction of sp³-hybridized carbons (Fsp3) is 0.455. The van der Waals surface area contributed by atoms with E-state index in [0.717, 1.165) is 17.1 Å². The molecule has 1 atom stereocenters. The second-order valence-corrected chi connectivity index (χ2v) is 3.28. The lowest BCUT2D eigenvalue weighted by atomic mass is 10.0. The monoisotopic (exact) mass is 195 g/mol. The average Bonchev–Trinajstić information content (AvgIpc) is 2.27. The summed E-state index contributed by atoms with van der Waals surface area (Å²) in [6.45, 7) is 2.70. The molecule has 0 aliphatic heterocycles. The number of rotatable bonds is 4. The number of benzene rings is 1. The minimum Gasteiger partial charge on any atom is -0.497 e. The summed E-state index contributed by atoms with van der Waals surface area (Å²) in [4.78, 5) is 0. The standard InChI is InChI=1S/C11H17NO2/c1-8(7-12)9-4-10(13-2)6-11(5-9)14-3/h4-6,8H,7,12H2,1-3H3/t8-/m1/s1. The van der Waals surface area contributed by atoms with E-state index in [4.69, 9.17) is 15.2 Å². The van der Waals surface area contributed by atoms with Crippen molar-refractivity contribution in [2.45, 2.75) is 12.8 Å². The molecule has 3 nitrogen and oxygen atoms in total. The lowest BCUT2D eigenvalue weighted by molar-refractivity contribution is 0.393. The van der Waals surface area contributed by atoms with Crippen molar-refractivity contribution in [3.05, 3.63) is 23.8 Å². The summed E-state index contributed by atoms with van der Waals surface area (Å²) in [7, 11) is 3.29. The van der Waals surface area contributed by atoms with Gasteiger partial charge in [-0.1, -0.05) is 6.92 Å². The molecule has 1 rings (SSSR count). The first kappa shape index (κ1) is 10.9. The van der Waals surface area contributed by atoms with Gasteiger partial charge in [-0.15, -0.1) is 0 Å². The highest BCUT2D eigenvalue weighted by Crippen LogP contribution is 2.26. The first-order valence-corrected chi connectivity index (χ1v) is 4.64. The van der Waals surface area contributed by atoms with Crippen molar-refractivity contribution in [2.24, 2.45) is 5.73 Å². The highest BCUT2D eigenvalue weighted by molar-refractivity contribution is 5.39. The largest absolute Gasteiger partial charge is 0.497 e. The Hall–Kier alpha value is -1.22. The van der Waals surface area contributed by atoms with Gasteiger partial charge in [-0.25, -0.2) is 0 Å². The van der Waals surface area contributed by atoms with Crippen LogP contribution in [-0.2, 0) is 0 Å². The SMILES string of the molecule is COc1cc(OC)cc([C@H](C)CN)c1. The lowest BCUT2D eigenvalue weighted by Crippen LogP contribution is -2.09. The van der Waals surface area contributed by atoms with Gasteiger partial charge in [-0.05, 0) is 30.2 Å². The van der Waals surface area contributed by atoms with Crippen molar-refractivity contribution >= 4 is 0 Å². The average molecular weight is 195 g/mol. The first-order valence-electron chi connectivity index (χ1n) is 4.64. The summed E-state index contributed by atoms with van der Waals surface area (Å²) >= 11 is 0. The second kappa shape index (κ2) is 4.86. The molecule has 0 bridgehead atoms. The molecule has 14 heavy (non-hydrogen) atoms. The third-order valence-electron chi connectivity index (χ3n) is 2.30. The van der Waals surface area contributed by atoms with E-state index in [-0.39, 0.29) is 0 Å². The van der Waals surface area contributed by atoms with E-state index < -0.39 is 0 Å². The maximum atomic E-state index is 5.61. The maximum absolute atomic E-state index is 5.61. The topological polar surface area (TPSA) is 44.5 Å².